The summed E-state index contributed by atoms with van der Waals surface area (Å²) in [6.07, 6.45) is 0.883. The molecule has 4 nitrogen and oxygen atoms in total. The van der Waals surface area contributed by atoms with Crippen LogP contribution in [0.5, 0.6) is 0 Å². The van der Waals surface area contributed by atoms with Gasteiger partial charge in [-0.25, -0.2) is 4.79 Å². The van der Waals surface area contributed by atoms with Gasteiger partial charge in [-0.2, -0.15) is 0 Å². The fourth-order valence-electron chi connectivity index (χ4n) is 2.48. The molecule has 0 aromatic heterocycles. The number of amides is 2. The zero-order chi connectivity index (χ0) is 13.9. The molecule has 1 aliphatic heterocycles. The number of rotatable bonds is 2. The lowest BCUT2D eigenvalue weighted by molar-refractivity contribution is 0.246. The standard InChI is InChI=1S/C16H17N3O/c17-14-7-6-13-8-9-19(15(13)10-14)16(20)18-11-12-4-2-1-3-5-12/h1-7,10H,8-9,11,17H2,(H,18,20). The van der Waals surface area contributed by atoms with E-state index in [2.05, 4.69) is 5.32 Å². The summed E-state index contributed by atoms with van der Waals surface area (Å²) in [5.41, 5.74) is 9.68. The van der Waals surface area contributed by atoms with E-state index in [1.165, 1.54) is 5.56 Å². The highest BCUT2D eigenvalue weighted by Crippen LogP contribution is 2.29. The first-order valence-electron chi connectivity index (χ1n) is 6.72. The summed E-state index contributed by atoms with van der Waals surface area (Å²) in [6.45, 7) is 1.24. The molecule has 4 heteroatoms. The van der Waals surface area contributed by atoms with E-state index in [0.717, 1.165) is 17.7 Å². The Hall–Kier alpha value is -2.49. The Bertz CT molecular complexity index is 625. The molecule has 20 heavy (non-hydrogen) atoms. The van der Waals surface area contributed by atoms with E-state index in [4.69, 9.17) is 5.73 Å². The van der Waals surface area contributed by atoms with Gasteiger partial charge in [-0.05, 0) is 29.7 Å². The van der Waals surface area contributed by atoms with Gasteiger partial charge in [0.15, 0.2) is 0 Å². The molecular weight excluding hydrogens is 250 g/mol. The number of nitrogen functional groups attached to an aromatic ring is 1. The van der Waals surface area contributed by atoms with Crippen LogP contribution in [0.1, 0.15) is 11.1 Å². The molecule has 1 aliphatic rings. The molecular formula is C16H17N3O. The zero-order valence-corrected chi connectivity index (χ0v) is 11.2. The minimum atomic E-state index is -0.0711. The third-order valence-electron chi connectivity index (χ3n) is 3.54. The van der Waals surface area contributed by atoms with Gasteiger partial charge in [-0.1, -0.05) is 36.4 Å². The first kappa shape index (κ1) is 12.5. The van der Waals surface area contributed by atoms with E-state index in [-0.39, 0.29) is 6.03 Å². The van der Waals surface area contributed by atoms with Crippen molar-refractivity contribution in [2.75, 3.05) is 17.2 Å². The number of urea groups is 1. The maximum atomic E-state index is 12.3. The second-order valence-corrected chi connectivity index (χ2v) is 4.93. The van der Waals surface area contributed by atoms with Crippen molar-refractivity contribution in [3.8, 4) is 0 Å². The second-order valence-electron chi connectivity index (χ2n) is 4.93. The average molecular weight is 267 g/mol. The maximum Gasteiger partial charge on any atom is 0.322 e. The number of hydrogen-bond donors (Lipinski definition) is 2. The minimum absolute atomic E-state index is 0.0711. The van der Waals surface area contributed by atoms with Crippen LogP contribution in [0.4, 0.5) is 16.2 Å². The lowest BCUT2D eigenvalue weighted by atomic mass is 10.1. The molecule has 0 unspecified atom stereocenters. The Morgan fingerprint density at radius 3 is 2.80 bits per heavy atom. The Balaban J connectivity index is 1.69. The molecule has 0 radical (unpaired) electrons. The van der Waals surface area contributed by atoms with Gasteiger partial charge >= 0.3 is 6.03 Å². The van der Waals surface area contributed by atoms with Gasteiger partial charge < -0.3 is 11.1 Å². The van der Waals surface area contributed by atoms with Crippen LogP contribution in [0.2, 0.25) is 0 Å². The van der Waals surface area contributed by atoms with Gasteiger partial charge in [0.2, 0.25) is 0 Å². The molecule has 102 valence electrons. The van der Waals surface area contributed by atoms with Crippen molar-refractivity contribution in [1.29, 1.82) is 0 Å². The van der Waals surface area contributed by atoms with Gasteiger partial charge in [-0.3, -0.25) is 4.90 Å². The minimum Gasteiger partial charge on any atom is -0.399 e. The molecule has 0 fully saturated rings. The lowest BCUT2D eigenvalue weighted by Gasteiger charge is -2.18. The molecule has 0 bridgehead atoms. The Morgan fingerprint density at radius 1 is 1.20 bits per heavy atom. The van der Waals surface area contributed by atoms with E-state index in [0.29, 0.717) is 18.8 Å². The Morgan fingerprint density at radius 2 is 2.00 bits per heavy atom. The normalized spacial score (nSPS) is 13.1. The van der Waals surface area contributed by atoms with Crippen LogP contribution < -0.4 is 16.0 Å². The van der Waals surface area contributed by atoms with Gasteiger partial charge in [0.05, 0.1) is 5.69 Å². The van der Waals surface area contributed by atoms with Crippen LogP contribution in [-0.2, 0) is 13.0 Å². The van der Waals surface area contributed by atoms with Crippen molar-refractivity contribution in [2.24, 2.45) is 0 Å². The van der Waals surface area contributed by atoms with Crippen LogP contribution in [0.25, 0.3) is 0 Å². The van der Waals surface area contributed by atoms with E-state index in [1.807, 2.05) is 48.5 Å². The maximum absolute atomic E-state index is 12.3. The van der Waals surface area contributed by atoms with E-state index in [1.54, 1.807) is 4.90 Å². The number of nitrogens with one attached hydrogen (secondary N) is 1. The van der Waals surface area contributed by atoms with Gasteiger partial charge in [0, 0.05) is 18.8 Å². The average Bonchev–Trinajstić information content (AvgIpc) is 2.89. The molecule has 3 N–H and O–H groups in total. The molecule has 0 saturated heterocycles. The molecule has 2 amide bonds. The van der Waals surface area contributed by atoms with Crippen LogP contribution in [0.3, 0.4) is 0 Å². The summed E-state index contributed by atoms with van der Waals surface area (Å²) in [4.78, 5) is 14.0. The number of hydrogen-bond acceptors (Lipinski definition) is 2. The summed E-state index contributed by atoms with van der Waals surface area (Å²) < 4.78 is 0. The Kier molecular flexibility index (Phi) is 3.29. The number of benzene rings is 2. The van der Waals surface area contributed by atoms with E-state index >= 15 is 0 Å². The molecule has 0 saturated carbocycles. The predicted molar refractivity (Wildman–Crippen MR) is 80.6 cm³/mol. The van der Waals surface area contributed by atoms with Gasteiger partial charge in [0.25, 0.3) is 0 Å². The van der Waals surface area contributed by atoms with Crippen LogP contribution >= 0.6 is 0 Å². The third kappa shape index (κ3) is 2.45. The molecule has 0 spiro atoms. The molecule has 1 heterocycles. The molecule has 2 aromatic rings. The molecule has 0 aliphatic carbocycles. The van der Waals surface area contributed by atoms with E-state index < -0.39 is 0 Å². The van der Waals surface area contributed by atoms with Crippen molar-refractivity contribution >= 4 is 17.4 Å². The highest BCUT2D eigenvalue weighted by atomic mass is 16.2. The lowest BCUT2D eigenvalue weighted by Crippen LogP contribution is -2.38. The number of nitrogens with zero attached hydrogens (tertiary/aromatic N) is 1. The summed E-state index contributed by atoms with van der Waals surface area (Å²) in [7, 11) is 0. The summed E-state index contributed by atoms with van der Waals surface area (Å²) in [6, 6.07) is 15.6. The second kappa shape index (κ2) is 5.25. The SMILES string of the molecule is Nc1ccc2c(c1)N(C(=O)NCc1ccccc1)CC2. The third-order valence-corrected chi connectivity index (χ3v) is 3.54. The topological polar surface area (TPSA) is 58.4 Å². The number of anilines is 2. The molecule has 2 aromatic carbocycles. The van der Waals surface area contributed by atoms with Gasteiger partial charge in [0.1, 0.15) is 0 Å². The largest absolute Gasteiger partial charge is 0.399 e. The number of carbonyl (C=O) groups excluding carboxylic acids is 1. The molecule has 0 atom stereocenters. The Labute approximate surface area is 118 Å². The monoisotopic (exact) mass is 267 g/mol. The van der Waals surface area contributed by atoms with Crippen LogP contribution in [-0.4, -0.2) is 12.6 Å². The van der Waals surface area contributed by atoms with E-state index in [9.17, 15) is 4.79 Å². The number of nitrogens with two attached hydrogens (primary N) is 1. The van der Waals surface area contributed by atoms with Crippen molar-refractivity contribution in [3.63, 3.8) is 0 Å². The first-order valence-corrected chi connectivity index (χ1v) is 6.72. The highest BCUT2D eigenvalue weighted by Gasteiger charge is 2.24. The summed E-state index contributed by atoms with van der Waals surface area (Å²) in [5.74, 6) is 0. The van der Waals surface area contributed by atoms with Crippen molar-refractivity contribution in [1.82, 2.24) is 5.32 Å². The van der Waals surface area contributed by atoms with Crippen LogP contribution in [0.15, 0.2) is 48.5 Å². The van der Waals surface area contributed by atoms with Crippen LogP contribution in [0, 0.1) is 0 Å². The van der Waals surface area contributed by atoms with Gasteiger partial charge in [-0.15, -0.1) is 0 Å². The number of carbonyl (C=O) groups is 1. The fourth-order valence-corrected chi connectivity index (χ4v) is 2.48. The smallest absolute Gasteiger partial charge is 0.322 e. The van der Waals surface area contributed by atoms with Crippen molar-refractivity contribution in [2.45, 2.75) is 13.0 Å². The molecule has 3 rings (SSSR count). The predicted octanol–water partition coefficient (Wildman–Crippen LogP) is 2.54. The van der Waals surface area contributed by atoms with Crippen molar-refractivity contribution in [3.05, 3.63) is 59.7 Å². The number of fused-ring (bicyclic) bond motifs is 1. The summed E-state index contributed by atoms with van der Waals surface area (Å²) >= 11 is 0. The van der Waals surface area contributed by atoms with Crippen molar-refractivity contribution < 1.29 is 4.79 Å². The highest BCUT2D eigenvalue weighted by molar-refractivity contribution is 5.94. The zero-order valence-electron chi connectivity index (χ0n) is 11.2. The first-order chi connectivity index (χ1) is 9.74. The summed E-state index contributed by atoms with van der Waals surface area (Å²) in [5, 5.41) is 2.95. The fraction of sp³-hybridized carbons (Fsp3) is 0.188. The quantitative estimate of drug-likeness (QED) is 0.821.